The summed E-state index contributed by atoms with van der Waals surface area (Å²) in [4.78, 5) is 0. The van der Waals surface area contributed by atoms with E-state index in [4.69, 9.17) is 0 Å². The minimum atomic E-state index is -1.07. The molecule has 0 nitrogen and oxygen atoms in total. The third-order valence-corrected chi connectivity index (χ3v) is 6.20. The molecule has 0 bridgehead atoms. The molecule has 0 N–H and O–H groups in total. The molecule has 0 aliphatic heterocycles. The first-order chi connectivity index (χ1) is 8.08. The van der Waals surface area contributed by atoms with Gasteiger partial charge in [-0.05, 0) is 36.0 Å². The van der Waals surface area contributed by atoms with E-state index in [1.165, 1.54) is 30.1 Å². The van der Waals surface area contributed by atoms with Crippen LogP contribution in [-0.4, -0.2) is 12.5 Å². The Morgan fingerprint density at radius 3 is 2.33 bits per heavy atom. The summed E-state index contributed by atoms with van der Waals surface area (Å²) in [6, 6.07) is 0. The van der Waals surface area contributed by atoms with Gasteiger partial charge in [0.2, 0.25) is 0 Å². The molecule has 0 saturated heterocycles. The van der Waals surface area contributed by atoms with E-state index in [0.717, 1.165) is 5.92 Å². The Bertz CT molecular complexity index is 295. The van der Waals surface area contributed by atoms with Crippen LogP contribution in [0.2, 0.25) is 19.6 Å². The van der Waals surface area contributed by atoms with Gasteiger partial charge in [0.1, 0.15) is 0 Å². The normalized spacial score (nSPS) is 30.3. The topological polar surface area (TPSA) is 0 Å². The second-order valence-electron chi connectivity index (χ2n) is 8.41. The SMILES string of the molecule is CC(C)(C)C[C@]1(/C=C\[Si](C)(C)C)CCC[C@H]1CI. The van der Waals surface area contributed by atoms with Gasteiger partial charge in [0.15, 0.2) is 0 Å². The van der Waals surface area contributed by atoms with Gasteiger partial charge in [0, 0.05) is 4.43 Å². The van der Waals surface area contributed by atoms with Crippen LogP contribution in [0.25, 0.3) is 0 Å². The summed E-state index contributed by atoms with van der Waals surface area (Å²) in [5.74, 6) is 0.907. The van der Waals surface area contributed by atoms with Crippen molar-refractivity contribution < 1.29 is 0 Å². The molecule has 0 amide bonds. The maximum Gasteiger partial charge on any atom is 0.0683 e. The van der Waals surface area contributed by atoms with Crippen molar-refractivity contribution in [3.63, 3.8) is 0 Å². The molecule has 0 aromatic rings. The van der Waals surface area contributed by atoms with Crippen LogP contribution in [0.3, 0.4) is 0 Å². The van der Waals surface area contributed by atoms with E-state index in [9.17, 15) is 0 Å². The molecule has 0 radical (unpaired) electrons. The number of halogens is 1. The lowest BCUT2D eigenvalue weighted by atomic mass is 9.68. The number of alkyl halides is 1. The van der Waals surface area contributed by atoms with Crippen molar-refractivity contribution in [2.24, 2.45) is 16.7 Å². The summed E-state index contributed by atoms with van der Waals surface area (Å²) in [7, 11) is -1.07. The van der Waals surface area contributed by atoms with Crippen molar-refractivity contribution in [3.05, 3.63) is 11.8 Å². The molecule has 1 fully saturated rings. The minimum Gasteiger partial charge on any atom is -0.0984 e. The minimum absolute atomic E-state index is 0.443. The van der Waals surface area contributed by atoms with Crippen molar-refractivity contribution in [2.75, 3.05) is 4.43 Å². The molecule has 106 valence electrons. The fourth-order valence-electron chi connectivity index (χ4n) is 3.31. The summed E-state index contributed by atoms with van der Waals surface area (Å²) in [6.07, 6.45) is 8.29. The Morgan fingerprint density at radius 1 is 1.28 bits per heavy atom. The molecular formula is C16H31ISi. The molecule has 1 saturated carbocycles. The average Bonchev–Trinajstić information content (AvgIpc) is 2.55. The maximum absolute atomic E-state index is 2.65. The highest BCUT2D eigenvalue weighted by molar-refractivity contribution is 14.1. The van der Waals surface area contributed by atoms with Gasteiger partial charge < -0.3 is 0 Å². The summed E-state index contributed by atoms with van der Waals surface area (Å²) < 4.78 is 1.32. The fourth-order valence-corrected chi connectivity index (χ4v) is 5.46. The highest BCUT2D eigenvalue weighted by Gasteiger charge is 2.42. The van der Waals surface area contributed by atoms with Crippen LogP contribution < -0.4 is 0 Å². The van der Waals surface area contributed by atoms with E-state index in [2.05, 4.69) is 74.8 Å². The van der Waals surface area contributed by atoms with Gasteiger partial charge in [0.05, 0.1) is 8.07 Å². The highest BCUT2D eigenvalue weighted by Crippen LogP contribution is 2.52. The molecule has 18 heavy (non-hydrogen) atoms. The summed E-state index contributed by atoms with van der Waals surface area (Å²) in [6.45, 7) is 14.5. The molecule has 2 heteroatoms. The molecule has 0 spiro atoms. The smallest absolute Gasteiger partial charge is 0.0683 e. The van der Waals surface area contributed by atoms with Crippen LogP contribution in [0.15, 0.2) is 11.8 Å². The van der Waals surface area contributed by atoms with Gasteiger partial charge >= 0.3 is 0 Å². The van der Waals surface area contributed by atoms with Gasteiger partial charge in [-0.15, -0.1) is 0 Å². The van der Waals surface area contributed by atoms with E-state index in [0.29, 0.717) is 10.8 Å². The number of hydrogen-bond acceptors (Lipinski definition) is 0. The summed E-state index contributed by atoms with van der Waals surface area (Å²) in [5.41, 5.74) is 3.54. The van der Waals surface area contributed by atoms with E-state index in [-0.39, 0.29) is 0 Å². The molecule has 1 aliphatic carbocycles. The predicted molar refractivity (Wildman–Crippen MR) is 95.2 cm³/mol. The van der Waals surface area contributed by atoms with Crippen LogP contribution in [0.1, 0.15) is 46.5 Å². The van der Waals surface area contributed by atoms with Crippen LogP contribution in [0.5, 0.6) is 0 Å². The molecule has 0 heterocycles. The lowest BCUT2D eigenvalue weighted by Gasteiger charge is -2.38. The number of hydrogen-bond donors (Lipinski definition) is 0. The van der Waals surface area contributed by atoms with Gasteiger partial charge in [-0.3, -0.25) is 0 Å². The van der Waals surface area contributed by atoms with E-state index < -0.39 is 8.07 Å². The van der Waals surface area contributed by atoms with Gasteiger partial charge in [0.25, 0.3) is 0 Å². The zero-order chi connectivity index (χ0) is 14.0. The Balaban J connectivity index is 2.98. The molecule has 1 aliphatic rings. The summed E-state index contributed by atoms with van der Waals surface area (Å²) >= 11 is 2.60. The number of allylic oxidation sites excluding steroid dienone is 1. The largest absolute Gasteiger partial charge is 0.0984 e. The molecule has 2 atom stereocenters. The Kier molecular flexibility index (Phi) is 5.57. The van der Waals surface area contributed by atoms with Gasteiger partial charge in [-0.1, -0.05) is 81.2 Å². The molecule has 1 rings (SSSR count). The van der Waals surface area contributed by atoms with Crippen molar-refractivity contribution in [1.82, 2.24) is 0 Å². The first-order valence-electron chi connectivity index (χ1n) is 7.34. The predicted octanol–water partition coefficient (Wildman–Crippen LogP) is 6.08. The highest BCUT2D eigenvalue weighted by atomic mass is 127. The third-order valence-electron chi connectivity index (χ3n) is 3.97. The molecule has 0 unspecified atom stereocenters. The van der Waals surface area contributed by atoms with Gasteiger partial charge in [-0.25, -0.2) is 0 Å². The maximum atomic E-state index is 2.65. The molecule has 0 aromatic heterocycles. The second kappa shape index (κ2) is 5.98. The van der Waals surface area contributed by atoms with E-state index in [1.807, 2.05) is 0 Å². The average molecular weight is 378 g/mol. The van der Waals surface area contributed by atoms with Crippen molar-refractivity contribution in [2.45, 2.75) is 66.1 Å². The zero-order valence-corrected chi connectivity index (χ0v) is 16.3. The van der Waals surface area contributed by atoms with Crippen molar-refractivity contribution in [1.29, 1.82) is 0 Å². The lowest BCUT2D eigenvalue weighted by molar-refractivity contribution is 0.185. The lowest BCUT2D eigenvalue weighted by Crippen LogP contribution is -2.31. The monoisotopic (exact) mass is 378 g/mol. The van der Waals surface area contributed by atoms with Crippen LogP contribution in [0.4, 0.5) is 0 Å². The molecule has 0 aromatic carbocycles. The quantitative estimate of drug-likeness (QED) is 0.316. The Morgan fingerprint density at radius 2 is 1.89 bits per heavy atom. The van der Waals surface area contributed by atoms with Crippen molar-refractivity contribution in [3.8, 4) is 0 Å². The third kappa shape index (κ3) is 4.99. The van der Waals surface area contributed by atoms with E-state index >= 15 is 0 Å². The number of rotatable bonds is 4. The molecular weight excluding hydrogens is 347 g/mol. The first kappa shape index (κ1) is 16.7. The second-order valence-corrected chi connectivity index (χ2v) is 14.4. The fraction of sp³-hybridized carbons (Fsp3) is 0.875. The first-order valence-corrected chi connectivity index (χ1v) is 12.4. The van der Waals surface area contributed by atoms with Crippen LogP contribution in [0, 0.1) is 16.7 Å². The Labute approximate surface area is 129 Å². The van der Waals surface area contributed by atoms with Gasteiger partial charge in [-0.2, -0.15) is 0 Å². The standard InChI is InChI=1S/C16H31ISi/c1-15(2,3)13-16(10-11-18(4,5)6)9-7-8-14(16)12-17/h10-11,14H,7-9,12-13H2,1-6H3/b11-10-/t14-,16+/m0/s1. The van der Waals surface area contributed by atoms with Crippen LogP contribution >= 0.6 is 22.6 Å². The Hall–Kier alpha value is 0.687. The van der Waals surface area contributed by atoms with Crippen LogP contribution in [-0.2, 0) is 0 Å². The van der Waals surface area contributed by atoms with Crippen molar-refractivity contribution >= 4 is 30.7 Å². The summed E-state index contributed by atoms with van der Waals surface area (Å²) in [5, 5.41) is 0. The zero-order valence-electron chi connectivity index (χ0n) is 13.1. The van der Waals surface area contributed by atoms with E-state index in [1.54, 1.807) is 0 Å².